The fourth-order valence-electron chi connectivity index (χ4n) is 1.90. The van der Waals surface area contributed by atoms with Crippen LogP contribution in [-0.2, 0) is 0 Å². The number of benzene rings is 2. The Kier molecular flexibility index (Phi) is 3.54. The Bertz CT molecular complexity index is 851. The van der Waals surface area contributed by atoms with Gasteiger partial charge in [-0.25, -0.2) is 9.37 Å². The van der Waals surface area contributed by atoms with Gasteiger partial charge >= 0.3 is 0 Å². The number of thiazole rings is 1. The Morgan fingerprint density at radius 1 is 1.19 bits per heavy atom. The third kappa shape index (κ3) is 2.71. The number of aryl methyl sites for hydroxylation is 1. The van der Waals surface area contributed by atoms with E-state index in [-0.39, 0.29) is 11.5 Å². The molecule has 3 aromatic rings. The molecule has 7 heteroatoms. The smallest absolute Gasteiger partial charge is 0.201 e. The third-order valence-electron chi connectivity index (χ3n) is 2.81. The van der Waals surface area contributed by atoms with E-state index in [0.29, 0.717) is 15.7 Å². The van der Waals surface area contributed by atoms with Crippen LogP contribution in [-0.4, -0.2) is 4.98 Å². The number of nitrogens with two attached hydrogens (primary N) is 1. The maximum atomic E-state index is 13.7. The van der Waals surface area contributed by atoms with Crippen molar-refractivity contribution in [2.75, 3.05) is 5.73 Å². The molecule has 3 nitrogen and oxygen atoms in total. The molecule has 3 rings (SSSR count). The topological polar surface area (TPSA) is 48.1 Å². The highest BCUT2D eigenvalue weighted by atomic mass is 79.9. The first-order chi connectivity index (χ1) is 9.94. The average molecular weight is 371 g/mol. The van der Waals surface area contributed by atoms with Gasteiger partial charge in [0.1, 0.15) is 0 Å². The summed E-state index contributed by atoms with van der Waals surface area (Å²) in [4.78, 5) is 4.32. The van der Waals surface area contributed by atoms with E-state index in [4.69, 9.17) is 10.5 Å². The summed E-state index contributed by atoms with van der Waals surface area (Å²) in [6, 6.07) is 5.70. The van der Waals surface area contributed by atoms with E-state index in [0.717, 1.165) is 15.8 Å². The lowest BCUT2D eigenvalue weighted by Gasteiger charge is -2.10. The molecular weight excluding hydrogens is 362 g/mol. The molecule has 0 spiro atoms. The van der Waals surface area contributed by atoms with Gasteiger partial charge in [0.15, 0.2) is 17.3 Å². The van der Waals surface area contributed by atoms with Crippen LogP contribution in [0.3, 0.4) is 0 Å². The van der Waals surface area contributed by atoms with Gasteiger partial charge in [-0.1, -0.05) is 15.9 Å². The van der Waals surface area contributed by atoms with Gasteiger partial charge in [0.2, 0.25) is 5.82 Å². The Labute approximate surface area is 131 Å². The molecule has 1 heterocycles. The largest absolute Gasteiger partial charge is 0.452 e. The van der Waals surface area contributed by atoms with Crippen LogP contribution in [0.4, 0.5) is 14.5 Å². The molecule has 21 heavy (non-hydrogen) atoms. The second kappa shape index (κ2) is 5.23. The van der Waals surface area contributed by atoms with E-state index in [1.165, 1.54) is 17.4 Å². The van der Waals surface area contributed by atoms with Crippen LogP contribution in [0.5, 0.6) is 11.5 Å². The number of hydrogen-bond donors (Lipinski definition) is 1. The molecule has 0 fully saturated rings. The molecule has 108 valence electrons. The average Bonchev–Trinajstić information content (AvgIpc) is 2.75. The van der Waals surface area contributed by atoms with Crippen molar-refractivity contribution in [1.29, 1.82) is 0 Å². The zero-order chi connectivity index (χ0) is 15.1. The number of nitrogens with zero attached hydrogens (tertiary/aromatic N) is 1. The highest BCUT2D eigenvalue weighted by Gasteiger charge is 2.14. The number of fused-ring (bicyclic) bond motifs is 1. The molecule has 0 radical (unpaired) electrons. The van der Waals surface area contributed by atoms with Crippen LogP contribution in [0.15, 0.2) is 28.7 Å². The number of anilines is 1. The Balaban J connectivity index is 2.07. The molecule has 0 aliphatic heterocycles. The minimum atomic E-state index is -1.06. The van der Waals surface area contributed by atoms with E-state index >= 15 is 0 Å². The fraction of sp³-hybridized carbons (Fsp3) is 0.0714. The van der Waals surface area contributed by atoms with Gasteiger partial charge in [-0.2, -0.15) is 4.39 Å². The van der Waals surface area contributed by atoms with Crippen molar-refractivity contribution in [3.63, 3.8) is 0 Å². The molecule has 0 aliphatic rings. The zero-order valence-corrected chi connectivity index (χ0v) is 13.2. The SMILES string of the molecule is Cc1nc2cc(Oc3cc(Br)cc(F)c3F)c(N)cc2s1. The number of halogens is 3. The van der Waals surface area contributed by atoms with Gasteiger partial charge in [-0.05, 0) is 25.1 Å². The summed E-state index contributed by atoms with van der Waals surface area (Å²) in [5.74, 6) is -2.06. The first-order valence-corrected chi connectivity index (χ1v) is 7.54. The maximum absolute atomic E-state index is 13.7. The first kappa shape index (κ1) is 14.2. The Morgan fingerprint density at radius 3 is 2.71 bits per heavy atom. The van der Waals surface area contributed by atoms with Gasteiger partial charge in [0, 0.05) is 10.5 Å². The van der Waals surface area contributed by atoms with Crippen LogP contribution in [0.2, 0.25) is 0 Å². The summed E-state index contributed by atoms with van der Waals surface area (Å²) in [6.45, 7) is 1.88. The van der Waals surface area contributed by atoms with Gasteiger partial charge in [-0.15, -0.1) is 11.3 Å². The Morgan fingerprint density at radius 2 is 1.95 bits per heavy atom. The highest BCUT2D eigenvalue weighted by Crippen LogP contribution is 2.36. The third-order valence-corrected chi connectivity index (χ3v) is 4.20. The van der Waals surface area contributed by atoms with E-state index in [2.05, 4.69) is 20.9 Å². The molecule has 0 unspecified atom stereocenters. The molecule has 0 bridgehead atoms. The fourth-order valence-corrected chi connectivity index (χ4v) is 3.17. The second-order valence-electron chi connectivity index (χ2n) is 4.39. The van der Waals surface area contributed by atoms with Crippen molar-refractivity contribution in [2.45, 2.75) is 6.92 Å². The standard InChI is InChI=1S/C14H9BrF2N2OS/c1-6-19-10-5-11(9(18)4-13(10)21-6)20-12-3-7(15)2-8(16)14(12)17/h2-5H,18H2,1H3. The van der Waals surface area contributed by atoms with Crippen LogP contribution in [0, 0.1) is 18.6 Å². The van der Waals surface area contributed by atoms with Gasteiger partial charge in [0.25, 0.3) is 0 Å². The molecule has 0 saturated heterocycles. The quantitative estimate of drug-likeness (QED) is 0.508. The van der Waals surface area contributed by atoms with Crippen LogP contribution >= 0.6 is 27.3 Å². The zero-order valence-electron chi connectivity index (χ0n) is 10.8. The first-order valence-electron chi connectivity index (χ1n) is 5.93. The second-order valence-corrected chi connectivity index (χ2v) is 6.54. The minimum absolute atomic E-state index is 0.236. The normalized spacial score (nSPS) is 11.0. The number of ether oxygens (including phenoxy) is 1. The van der Waals surface area contributed by atoms with Crippen LogP contribution < -0.4 is 10.5 Å². The molecule has 2 aromatic carbocycles. The Hall–Kier alpha value is -1.73. The van der Waals surface area contributed by atoms with E-state index in [1.54, 1.807) is 12.1 Å². The molecule has 0 atom stereocenters. The predicted molar refractivity (Wildman–Crippen MR) is 82.9 cm³/mol. The maximum Gasteiger partial charge on any atom is 0.201 e. The van der Waals surface area contributed by atoms with Crippen molar-refractivity contribution in [1.82, 2.24) is 4.98 Å². The number of rotatable bonds is 2. The van der Waals surface area contributed by atoms with Crippen molar-refractivity contribution in [3.8, 4) is 11.5 Å². The number of nitrogen functional groups attached to an aromatic ring is 1. The number of aromatic nitrogens is 1. The number of hydrogen-bond acceptors (Lipinski definition) is 4. The summed E-state index contributed by atoms with van der Waals surface area (Å²) < 4.78 is 33.8. The van der Waals surface area contributed by atoms with E-state index in [1.807, 2.05) is 6.92 Å². The van der Waals surface area contributed by atoms with Crippen molar-refractivity contribution < 1.29 is 13.5 Å². The van der Waals surface area contributed by atoms with Crippen molar-refractivity contribution in [3.05, 3.63) is 45.4 Å². The van der Waals surface area contributed by atoms with E-state index in [9.17, 15) is 8.78 Å². The molecule has 0 aliphatic carbocycles. The summed E-state index contributed by atoms with van der Waals surface area (Å²) in [5, 5.41) is 0.890. The van der Waals surface area contributed by atoms with Gasteiger partial charge in [0.05, 0.1) is 20.9 Å². The summed E-state index contributed by atoms with van der Waals surface area (Å²) in [5.41, 5.74) is 6.94. The minimum Gasteiger partial charge on any atom is -0.452 e. The summed E-state index contributed by atoms with van der Waals surface area (Å²) in [6.07, 6.45) is 0. The lowest BCUT2D eigenvalue weighted by molar-refractivity contribution is 0.417. The molecule has 1 aromatic heterocycles. The molecule has 2 N–H and O–H groups in total. The lowest BCUT2D eigenvalue weighted by Crippen LogP contribution is -1.96. The van der Waals surface area contributed by atoms with Crippen LogP contribution in [0.1, 0.15) is 5.01 Å². The predicted octanol–water partition coefficient (Wildman–Crippen LogP) is 5.02. The highest BCUT2D eigenvalue weighted by molar-refractivity contribution is 9.10. The molecular formula is C14H9BrF2N2OS. The van der Waals surface area contributed by atoms with Gasteiger partial charge in [-0.3, -0.25) is 0 Å². The van der Waals surface area contributed by atoms with Crippen LogP contribution in [0.25, 0.3) is 10.2 Å². The monoisotopic (exact) mass is 370 g/mol. The summed E-state index contributed by atoms with van der Waals surface area (Å²) >= 11 is 4.59. The van der Waals surface area contributed by atoms with Crippen molar-refractivity contribution >= 4 is 43.2 Å². The van der Waals surface area contributed by atoms with Crippen molar-refractivity contribution in [2.24, 2.45) is 0 Å². The molecule has 0 amide bonds. The summed E-state index contributed by atoms with van der Waals surface area (Å²) in [7, 11) is 0. The van der Waals surface area contributed by atoms with Gasteiger partial charge < -0.3 is 10.5 Å². The van der Waals surface area contributed by atoms with E-state index < -0.39 is 11.6 Å². The lowest BCUT2D eigenvalue weighted by atomic mass is 10.2. The molecule has 0 saturated carbocycles.